The smallest absolute Gasteiger partial charge is 0.251 e. The fraction of sp³-hybridized carbons (Fsp3) is 0.481. The van der Waals surface area contributed by atoms with Crippen LogP contribution in [0.5, 0.6) is 5.75 Å². The minimum Gasteiger partial charge on any atom is -0.489 e. The Hall–Kier alpha value is -5.66. The van der Waals surface area contributed by atoms with Crippen LogP contribution in [0.15, 0.2) is 72.2 Å². The Morgan fingerprint density at radius 3 is 2.26 bits per heavy atom. The normalized spacial score (nSPS) is 19.8. The summed E-state index contributed by atoms with van der Waals surface area (Å²) < 4.78 is 12.0. The van der Waals surface area contributed by atoms with Gasteiger partial charge in [0.05, 0.1) is 32.8 Å². The van der Waals surface area contributed by atoms with Gasteiger partial charge in [-0.3, -0.25) is 24.0 Å². The monoisotopic (exact) mass is 966 g/mol. The van der Waals surface area contributed by atoms with Crippen LogP contribution in [0.2, 0.25) is 5.02 Å². The molecule has 2 heterocycles. The number of amides is 4. The summed E-state index contributed by atoms with van der Waals surface area (Å²) in [5.41, 5.74) is 4.65. The molecule has 3 atom stereocenters. The van der Waals surface area contributed by atoms with E-state index in [1.54, 1.807) is 59.3 Å². The number of nitrogens with zero attached hydrogens (tertiary/aromatic N) is 3. The first-order valence-electron chi connectivity index (χ1n) is 23.0. The molecule has 4 amide bonds. The number of aromatic nitrogens is 1. The number of unbranched alkanes of at least 4 members (excludes halogenated alkanes) is 1. The minimum absolute atomic E-state index is 0.0193. The first-order valence-corrected chi connectivity index (χ1v) is 24.3. The fourth-order valence-electron chi connectivity index (χ4n) is 9.70. The minimum atomic E-state index is -0.984. The summed E-state index contributed by atoms with van der Waals surface area (Å²) in [6, 6.07) is 19.7. The average Bonchev–Trinajstić information content (AvgIpc) is 3.92. The number of benzene rings is 3. The predicted octanol–water partition coefficient (Wildman–Crippen LogP) is 7.68. The highest BCUT2D eigenvalue weighted by Crippen LogP contribution is 2.61. The number of nitriles is 1. The maximum absolute atomic E-state index is 14.0. The van der Waals surface area contributed by atoms with Crippen LogP contribution in [0.3, 0.4) is 0 Å². The molecular weight excluding hydrogens is 904 g/mol. The van der Waals surface area contributed by atoms with E-state index in [1.807, 2.05) is 52.0 Å². The van der Waals surface area contributed by atoms with E-state index in [0.717, 1.165) is 21.7 Å². The van der Waals surface area contributed by atoms with E-state index in [0.29, 0.717) is 53.3 Å². The number of carbonyl (C=O) groups is 5. The molecule has 0 bridgehead atoms. The van der Waals surface area contributed by atoms with Gasteiger partial charge in [0.2, 0.25) is 17.7 Å². The number of ether oxygens (including phenoxy) is 2. The molecule has 0 radical (unpaired) electrons. The highest BCUT2D eigenvalue weighted by atomic mass is 35.5. The van der Waals surface area contributed by atoms with Crippen molar-refractivity contribution < 1.29 is 38.6 Å². The molecule has 68 heavy (non-hydrogen) atoms. The van der Waals surface area contributed by atoms with Gasteiger partial charge in [-0.1, -0.05) is 96.5 Å². The third-order valence-corrected chi connectivity index (χ3v) is 14.6. The number of aryl methyl sites for hydroxylation is 1. The van der Waals surface area contributed by atoms with Crippen LogP contribution >= 0.6 is 22.9 Å². The summed E-state index contributed by atoms with van der Waals surface area (Å²) in [5, 5.41) is 28.7. The van der Waals surface area contributed by atoms with Gasteiger partial charge in [0.1, 0.15) is 36.6 Å². The number of Topliss-reactive ketones (excluding diaryl/α,β-unsaturated/α-hetero) is 1. The molecule has 14 nitrogen and oxygen atoms in total. The zero-order valence-corrected chi connectivity index (χ0v) is 41.7. The Morgan fingerprint density at radius 1 is 0.971 bits per heavy atom. The van der Waals surface area contributed by atoms with Crippen molar-refractivity contribution in [1.29, 1.82) is 5.26 Å². The third kappa shape index (κ3) is 12.1. The quantitative estimate of drug-likeness (QED) is 0.0534. The van der Waals surface area contributed by atoms with E-state index in [4.69, 9.17) is 21.1 Å². The zero-order chi connectivity index (χ0) is 49.6. The van der Waals surface area contributed by atoms with Crippen molar-refractivity contribution >= 4 is 52.3 Å². The van der Waals surface area contributed by atoms with Gasteiger partial charge >= 0.3 is 0 Å². The van der Waals surface area contributed by atoms with Crippen molar-refractivity contribution in [1.82, 2.24) is 25.8 Å². The maximum Gasteiger partial charge on any atom is 0.251 e. The average molecular weight is 968 g/mol. The molecule has 4 aromatic rings. The second-order valence-electron chi connectivity index (χ2n) is 20.1. The summed E-state index contributed by atoms with van der Waals surface area (Å²) in [6.07, 6.45) is 0.466. The van der Waals surface area contributed by atoms with E-state index in [9.17, 15) is 34.3 Å². The lowest BCUT2D eigenvalue weighted by molar-refractivity contribution is -0.196. The number of aliphatic hydroxyl groups excluding tert-OH is 1. The SMILES string of the molecule is Cc1ncsc1-c1ccc(CNC(=O)[C@@H]2C[C@@H](O)CN2C(=O)[C@@H](NC(=O)COCCCCNC(=O)c2ccc(C(=O)CC3C(C)(C)C(Oc4ccc(C#N)c(Cl)c4)C3(C)C)cc2)C(C)(C)C)cc1. The Kier molecular flexibility index (Phi) is 16.5. The Bertz CT molecular complexity index is 2500. The number of thiazole rings is 1. The summed E-state index contributed by atoms with van der Waals surface area (Å²) in [5.74, 6) is -1.03. The number of rotatable bonds is 19. The number of ketones is 1. The molecule has 0 unspecified atom stereocenters. The van der Waals surface area contributed by atoms with Crippen molar-refractivity contribution in [3.8, 4) is 22.3 Å². The number of halogens is 1. The van der Waals surface area contributed by atoms with Gasteiger partial charge in [-0.2, -0.15) is 5.26 Å². The molecule has 362 valence electrons. The van der Waals surface area contributed by atoms with Crippen LogP contribution in [0.1, 0.15) is 112 Å². The standard InChI is InChI=1S/C52H63ClN6O8S/c1-31-44(68-30-57-31)34-13-11-32(12-14-34)27-56-47(64)40-23-37(60)28-59(40)48(65)45(50(2,3)4)58-43(62)29-66-22-10-9-21-55-46(63)35-17-15-33(16-18-35)41(61)25-42-51(5,6)49(52(42,7)8)67-38-20-19-36(26-54)39(53)24-38/h11-20,24,30,37,40,42,45,49,60H,9-10,21-23,25,27-29H2,1-8H3,(H,55,63)(H,56,64)(H,58,62)/t37-,40+,42?,45-,49?/m1/s1. The van der Waals surface area contributed by atoms with Crippen LogP contribution in [-0.4, -0.2) is 95.0 Å². The summed E-state index contributed by atoms with van der Waals surface area (Å²) in [6.45, 7) is 16.3. The molecule has 6 rings (SSSR count). The molecule has 3 aromatic carbocycles. The lowest BCUT2D eigenvalue weighted by atomic mass is 9.44. The van der Waals surface area contributed by atoms with Crippen LogP contribution in [0.25, 0.3) is 10.4 Å². The van der Waals surface area contributed by atoms with Crippen LogP contribution < -0.4 is 20.7 Å². The second kappa shape index (κ2) is 21.7. The molecule has 16 heteroatoms. The summed E-state index contributed by atoms with van der Waals surface area (Å²) in [4.78, 5) is 73.6. The lowest BCUT2D eigenvalue weighted by Gasteiger charge is -2.63. The third-order valence-electron chi connectivity index (χ3n) is 13.3. The molecule has 2 fully saturated rings. The zero-order valence-electron chi connectivity index (χ0n) is 40.1. The van der Waals surface area contributed by atoms with E-state index in [1.165, 1.54) is 4.90 Å². The van der Waals surface area contributed by atoms with Crippen molar-refractivity contribution in [3.05, 3.63) is 105 Å². The first-order chi connectivity index (χ1) is 32.1. The summed E-state index contributed by atoms with van der Waals surface area (Å²) >= 11 is 7.80. The predicted molar refractivity (Wildman–Crippen MR) is 261 cm³/mol. The van der Waals surface area contributed by atoms with E-state index in [2.05, 4.69) is 54.7 Å². The Labute approximate surface area is 408 Å². The van der Waals surface area contributed by atoms with Gasteiger partial charge in [0.25, 0.3) is 5.91 Å². The number of hydrogen-bond acceptors (Lipinski definition) is 11. The van der Waals surface area contributed by atoms with Crippen LogP contribution in [0, 0.1) is 40.4 Å². The van der Waals surface area contributed by atoms with Gasteiger partial charge in [-0.05, 0) is 66.5 Å². The molecule has 4 N–H and O–H groups in total. The van der Waals surface area contributed by atoms with Crippen LogP contribution in [-0.2, 0) is 25.7 Å². The topological polar surface area (TPSA) is 200 Å². The number of carbonyl (C=O) groups excluding carboxylic acids is 5. The number of hydrogen-bond donors (Lipinski definition) is 4. The molecule has 1 aliphatic carbocycles. The maximum atomic E-state index is 14.0. The fourth-order valence-corrected chi connectivity index (χ4v) is 10.7. The van der Waals surface area contributed by atoms with Crippen molar-refractivity contribution in [2.75, 3.05) is 26.3 Å². The molecule has 2 aliphatic rings. The van der Waals surface area contributed by atoms with Crippen molar-refractivity contribution in [2.24, 2.45) is 22.2 Å². The Balaban J connectivity index is 0.894. The highest BCUT2D eigenvalue weighted by Gasteiger charge is 2.63. The number of aliphatic hydroxyl groups is 1. The molecular formula is C52H63ClN6O8S. The largest absolute Gasteiger partial charge is 0.489 e. The van der Waals surface area contributed by atoms with E-state index >= 15 is 0 Å². The van der Waals surface area contributed by atoms with Gasteiger partial charge in [0, 0.05) is 67.1 Å². The van der Waals surface area contributed by atoms with Gasteiger partial charge in [0.15, 0.2) is 5.78 Å². The molecule has 1 saturated carbocycles. The summed E-state index contributed by atoms with van der Waals surface area (Å²) in [7, 11) is 0. The molecule has 0 spiro atoms. The van der Waals surface area contributed by atoms with Crippen LogP contribution in [0.4, 0.5) is 0 Å². The molecule has 1 aromatic heterocycles. The Morgan fingerprint density at radius 2 is 1.65 bits per heavy atom. The molecule has 1 saturated heterocycles. The molecule has 1 aliphatic heterocycles. The number of nitrogens with one attached hydrogen (secondary N) is 3. The van der Waals surface area contributed by atoms with Crippen molar-refractivity contribution in [2.45, 2.75) is 112 Å². The van der Waals surface area contributed by atoms with E-state index < -0.39 is 35.4 Å². The van der Waals surface area contributed by atoms with E-state index in [-0.39, 0.29) is 73.2 Å². The van der Waals surface area contributed by atoms with Crippen molar-refractivity contribution in [3.63, 3.8) is 0 Å². The first kappa shape index (κ1) is 51.7. The lowest BCUT2D eigenvalue weighted by Crippen LogP contribution is -2.66. The second-order valence-corrected chi connectivity index (χ2v) is 21.4. The number of likely N-dealkylation sites (tertiary alicyclic amines) is 1. The number of β-amino-alcohol motifs (C(OH)–C–C–N with tert-alkyl or cyclic N) is 1. The van der Waals surface area contributed by atoms with Gasteiger partial charge in [-0.25, -0.2) is 4.98 Å². The van der Waals surface area contributed by atoms with Gasteiger partial charge in [-0.15, -0.1) is 11.3 Å². The van der Waals surface area contributed by atoms with Gasteiger partial charge < -0.3 is 35.4 Å². The highest BCUT2D eigenvalue weighted by molar-refractivity contribution is 7.13.